The van der Waals surface area contributed by atoms with Crippen LogP contribution < -0.4 is 5.32 Å². The third-order valence-electron chi connectivity index (χ3n) is 6.84. The van der Waals surface area contributed by atoms with E-state index < -0.39 is 12.1 Å². The molecule has 7 nitrogen and oxygen atoms in total. The molecule has 180 valence electrons. The zero-order chi connectivity index (χ0) is 24.1. The summed E-state index contributed by atoms with van der Waals surface area (Å²) in [5.74, 6) is -0.854. The predicted octanol–water partition coefficient (Wildman–Crippen LogP) is 4.55. The van der Waals surface area contributed by atoms with Crippen molar-refractivity contribution in [3.05, 3.63) is 59.7 Å². The Bertz CT molecular complexity index is 1010. The van der Waals surface area contributed by atoms with E-state index in [9.17, 15) is 14.4 Å². The van der Waals surface area contributed by atoms with Crippen LogP contribution in [0.25, 0.3) is 11.1 Å². The molecule has 0 radical (unpaired) electrons. The van der Waals surface area contributed by atoms with Crippen molar-refractivity contribution >= 4 is 18.0 Å². The highest BCUT2D eigenvalue weighted by molar-refractivity contribution is 5.79. The van der Waals surface area contributed by atoms with Gasteiger partial charge >= 0.3 is 12.1 Å². The van der Waals surface area contributed by atoms with Crippen molar-refractivity contribution in [1.29, 1.82) is 0 Å². The normalized spacial score (nSPS) is 17.7. The fourth-order valence-corrected chi connectivity index (χ4v) is 5.19. The molecule has 2 atom stereocenters. The minimum absolute atomic E-state index is 0.00269. The number of alkyl carbamates (subject to hydrolysis) is 1. The number of likely N-dealkylation sites (tertiary alicyclic amines) is 1. The number of rotatable bonds is 9. The number of carboxylic acids is 1. The largest absolute Gasteiger partial charge is 0.481 e. The van der Waals surface area contributed by atoms with Crippen molar-refractivity contribution in [1.82, 2.24) is 10.2 Å². The molecule has 2 aromatic rings. The second-order valence-corrected chi connectivity index (χ2v) is 9.24. The molecule has 1 aliphatic heterocycles. The quantitative estimate of drug-likeness (QED) is 0.568. The molecule has 4 rings (SSSR count). The minimum atomic E-state index is -0.870. The van der Waals surface area contributed by atoms with Gasteiger partial charge in [0.2, 0.25) is 5.91 Å². The van der Waals surface area contributed by atoms with E-state index in [0.717, 1.165) is 12.8 Å². The monoisotopic (exact) mass is 464 g/mol. The molecule has 0 spiro atoms. The smallest absolute Gasteiger partial charge is 0.407 e. The van der Waals surface area contributed by atoms with Crippen molar-refractivity contribution in [3.8, 4) is 11.1 Å². The van der Waals surface area contributed by atoms with Crippen LogP contribution in [0.15, 0.2) is 48.5 Å². The van der Waals surface area contributed by atoms with Crippen LogP contribution in [0, 0.1) is 0 Å². The Morgan fingerprint density at radius 3 is 2.38 bits per heavy atom. The van der Waals surface area contributed by atoms with Crippen LogP contribution in [0.2, 0.25) is 0 Å². The molecule has 1 saturated heterocycles. The van der Waals surface area contributed by atoms with Crippen molar-refractivity contribution < 1.29 is 24.2 Å². The third-order valence-corrected chi connectivity index (χ3v) is 6.84. The highest BCUT2D eigenvalue weighted by atomic mass is 16.5. The summed E-state index contributed by atoms with van der Waals surface area (Å²) >= 11 is 0. The molecule has 2 aromatic carbocycles. The van der Waals surface area contributed by atoms with Gasteiger partial charge in [-0.25, -0.2) is 4.79 Å². The van der Waals surface area contributed by atoms with Gasteiger partial charge in [0.05, 0.1) is 6.42 Å². The van der Waals surface area contributed by atoms with Gasteiger partial charge in [-0.15, -0.1) is 0 Å². The van der Waals surface area contributed by atoms with Gasteiger partial charge in [-0.3, -0.25) is 9.59 Å². The van der Waals surface area contributed by atoms with Crippen molar-refractivity contribution in [2.24, 2.45) is 0 Å². The summed E-state index contributed by atoms with van der Waals surface area (Å²) in [4.78, 5) is 37.6. The highest BCUT2D eigenvalue weighted by Gasteiger charge is 2.30. The Labute approximate surface area is 200 Å². The van der Waals surface area contributed by atoms with Gasteiger partial charge in [0, 0.05) is 31.0 Å². The summed E-state index contributed by atoms with van der Waals surface area (Å²) in [6.45, 7) is 2.80. The fraction of sp³-hybridized carbons (Fsp3) is 0.444. The maximum absolute atomic E-state index is 12.5. The summed E-state index contributed by atoms with van der Waals surface area (Å²) in [7, 11) is 0. The summed E-state index contributed by atoms with van der Waals surface area (Å²) in [5, 5.41) is 11.9. The fourth-order valence-electron chi connectivity index (χ4n) is 5.19. The number of hydrogen-bond donors (Lipinski definition) is 2. The number of nitrogens with zero attached hydrogens (tertiary/aromatic N) is 1. The lowest BCUT2D eigenvalue weighted by Gasteiger charge is -2.24. The molecule has 0 saturated carbocycles. The topological polar surface area (TPSA) is 95.9 Å². The highest BCUT2D eigenvalue weighted by Crippen LogP contribution is 2.44. The summed E-state index contributed by atoms with van der Waals surface area (Å²) in [6, 6.07) is 16.1. The van der Waals surface area contributed by atoms with Crippen molar-refractivity contribution in [3.63, 3.8) is 0 Å². The Balaban J connectivity index is 1.21. The summed E-state index contributed by atoms with van der Waals surface area (Å²) < 4.78 is 5.59. The summed E-state index contributed by atoms with van der Waals surface area (Å²) in [5.41, 5.74) is 4.72. The molecule has 2 N–H and O–H groups in total. The first-order valence-corrected chi connectivity index (χ1v) is 12.1. The van der Waals surface area contributed by atoms with Gasteiger partial charge in [-0.1, -0.05) is 48.5 Å². The average Bonchev–Trinajstić information content (AvgIpc) is 3.39. The zero-order valence-corrected chi connectivity index (χ0v) is 19.5. The second kappa shape index (κ2) is 10.7. The molecule has 2 aliphatic rings. The van der Waals surface area contributed by atoms with E-state index in [0.29, 0.717) is 25.8 Å². The maximum Gasteiger partial charge on any atom is 0.407 e. The zero-order valence-electron chi connectivity index (χ0n) is 19.5. The number of aliphatic carboxylic acids is 1. The van der Waals surface area contributed by atoms with E-state index in [-0.39, 0.29) is 36.9 Å². The molecular formula is C27H32N2O5. The van der Waals surface area contributed by atoms with Crippen LogP contribution in [0.3, 0.4) is 0 Å². The molecule has 1 heterocycles. The Hall–Kier alpha value is -3.35. The summed E-state index contributed by atoms with van der Waals surface area (Å²) in [6.07, 6.45) is 2.77. The van der Waals surface area contributed by atoms with E-state index in [2.05, 4.69) is 29.6 Å². The lowest BCUT2D eigenvalue weighted by Crippen LogP contribution is -2.37. The van der Waals surface area contributed by atoms with Crippen LogP contribution in [0.4, 0.5) is 4.79 Å². The van der Waals surface area contributed by atoms with E-state index >= 15 is 0 Å². The number of amides is 2. The van der Waals surface area contributed by atoms with Gasteiger partial charge in [0.25, 0.3) is 0 Å². The molecule has 7 heteroatoms. The van der Waals surface area contributed by atoms with E-state index in [4.69, 9.17) is 9.84 Å². The van der Waals surface area contributed by atoms with E-state index in [1.807, 2.05) is 31.2 Å². The number of hydrogen-bond acceptors (Lipinski definition) is 4. The van der Waals surface area contributed by atoms with Crippen LogP contribution in [0.1, 0.15) is 62.5 Å². The molecule has 2 amide bonds. The van der Waals surface area contributed by atoms with E-state index in [1.165, 1.54) is 22.3 Å². The molecule has 0 bridgehead atoms. The van der Waals surface area contributed by atoms with Crippen molar-refractivity contribution in [2.75, 3.05) is 13.2 Å². The minimum Gasteiger partial charge on any atom is -0.481 e. The lowest BCUT2D eigenvalue weighted by atomic mass is 9.98. The van der Waals surface area contributed by atoms with Crippen molar-refractivity contribution in [2.45, 2.75) is 63.5 Å². The van der Waals surface area contributed by atoms with Gasteiger partial charge in [-0.2, -0.15) is 0 Å². The van der Waals surface area contributed by atoms with Gasteiger partial charge in [-0.05, 0) is 54.9 Å². The maximum atomic E-state index is 12.5. The van der Waals surface area contributed by atoms with Crippen LogP contribution in [0.5, 0.6) is 0 Å². The number of carbonyl (C=O) groups is 3. The Morgan fingerprint density at radius 1 is 1.09 bits per heavy atom. The number of fused-ring (bicyclic) bond motifs is 3. The van der Waals surface area contributed by atoms with Gasteiger partial charge in [0.15, 0.2) is 0 Å². The molecule has 0 aromatic heterocycles. The first kappa shape index (κ1) is 23.8. The molecule has 1 fully saturated rings. The SMILES string of the molecule is CC(CCCC(=O)N1CCC[C@H]1CC(=O)O)NC(=O)OCC1c2ccccc2-c2ccccc21. The average molecular weight is 465 g/mol. The lowest BCUT2D eigenvalue weighted by molar-refractivity contribution is -0.139. The Morgan fingerprint density at radius 2 is 1.74 bits per heavy atom. The molecule has 1 aliphatic carbocycles. The number of carboxylic acid groups (broad SMARTS) is 1. The van der Waals surface area contributed by atoms with Crippen LogP contribution in [-0.2, 0) is 14.3 Å². The van der Waals surface area contributed by atoms with E-state index in [1.54, 1.807) is 4.90 Å². The molecule has 34 heavy (non-hydrogen) atoms. The molecular weight excluding hydrogens is 432 g/mol. The Kier molecular flexibility index (Phi) is 7.50. The first-order valence-electron chi connectivity index (χ1n) is 12.1. The van der Waals surface area contributed by atoms with Crippen LogP contribution >= 0.6 is 0 Å². The number of benzene rings is 2. The van der Waals surface area contributed by atoms with Gasteiger partial charge < -0.3 is 20.1 Å². The first-order chi connectivity index (χ1) is 16.4. The number of carbonyl (C=O) groups excluding carboxylic acids is 2. The predicted molar refractivity (Wildman–Crippen MR) is 129 cm³/mol. The second-order valence-electron chi connectivity index (χ2n) is 9.24. The standard InChI is InChI=1S/C27H32N2O5/c1-18(8-6-14-25(30)29-15-7-9-19(29)16-26(31)32)28-27(33)34-17-24-22-12-4-2-10-20(22)21-11-3-5-13-23(21)24/h2-5,10-13,18-19,24H,6-9,14-17H2,1H3,(H,28,33)(H,31,32)/t18?,19-/m0/s1. The number of nitrogens with one attached hydrogen (secondary N) is 1. The van der Waals surface area contributed by atoms with Gasteiger partial charge in [0.1, 0.15) is 6.61 Å². The third kappa shape index (κ3) is 5.41. The molecule has 1 unspecified atom stereocenters. The van der Waals surface area contributed by atoms with Crippen LogP contribution in [-0.4, -0.2) is 53.2 Å². The number of ether oxygens (including phenoxy) is 1.